The Bertz CT molecular complexity index is 393. The molecule has 1 fully saturated rings. The van der Waals surface area contributed by atoms with Gasteiger partial charge in [0.1, 0.15) is 6.04 Å². The van der Waals surface area contributed by atoms with Crippen LogP contribution in [0.3, 0.4) is 0 Å². The Morgan fingerprint density at radius 1 is 1.35 bits per heavy atom. The molecule has 1 heterocycles. The number of carboxylic acid groups (broad SMARTS) is 1. The zero-order chi connectivity index (χ0) is 15.4. The molecule has 4 N–H and O–H groups in total. The van der Waals surface area contributed by atoms with Gasteiger partial charge in [-0.25, -0.2) is 4.79 Å². The summed E-state index contributed by atoms with van der Waals surface area (Å²) in [6, 6.07) is -1.36. The number of amides is 3. The maximum atomic E-state index is 12.3. The van der Waals surface area contributed by atoms with Gasteiger partial charge < -0.3 is 21.1 Å². The van der Waals surface area contributed by atoms with Gasteiger partial charge in [0.25, 0.3) is 0 Å². The number of carboxylic acids is 1. The van der Waals surface area contributed by atoms with Crippen molar-refractivity contribution in [2.75, 3.05) is 13.1 Å². The number of aliphatic carboxylic acids is 1. The van der Waals surface area contributed by atoms with Crippen molar-refractivity contribution in [1.82, 2.24) is 10.2 Å². The number of nitrogens with zero attached hydrogens (tertiary/aromatic N) is 1. The van der Waals surface area contributed by atoms with Gasteiger partial charge in [-0.15, -0.1) is 0 Å². The molecule has 1 rings (SSSR count). The molecule has 1 aliphatic heterocycles. The number of likely N-dealkylation sites (tertiary alicyclic amines) is 1. The quantitative estimate of drug-likeness (QED) is 0.649. The minimum atomic E-state index is -0.851. The lowest BCUT2D eigenvalue weighted by atomic mass is 9.85. The van der Waals surface area contributed by atoms with E-state index in [1.807, 2.05) is 13.8 Å². The molecule has 3 unspecified atom stereocenters. The topological polar surface area (TPSA) is 113 Å². The SMILES string of the molecule is CCC(C)C(NC(N)=O)C(=O)N1CC(C(C)C(=O)O)C1. The Balaban J connectivity index is 2.60. The van der Waals surface area contributed by atoms with E-state index < -0.39 is 24.0 Å². The molecule has 0 bridgehead atoms. The highest BCUT2D eigenvalue weighted by Gasteiger charge is 2.40. The number of hydrogen-bond donors (Lipinski definition) is 3. The summed E-state index contributed by atoms with van der Waals surface area (Å²) in [7, 11) is 0. The smallest absolute Gasteiger partial charge is 0.312 e. The fraction of sp³-hybridized carbons (Fsp3) is 0.769. The number of nitrogens with two attached hydrogens (primary N) is 1. The normalized spacial score (nSPS) is 19.6. The number of urea groups is 1. The van der Waals surface area contributed by atoms with Crippen molar-refractivity contribution in [1.29, 1.82) is 0 Å². The molecular formula is C13H23N3O4. The van der Waals surface area contributed by atoms with Crippen LogP contribution in [0.25, 0.3) is 0 Å². The molecule has 0 spiro atoms. The van der Waals surface area contributed by atoms with Gasteiger partial charge in [0, 0.05) is 19.0 Å². The summed E-state index contributed by atoms with van der Waals surface area (Å²) in [5.74, 6) is -1.55. The molecule has 0 aromatic carbocycles. The first kappa shape index (κ1) is 16.3. The Kier molecular flexibility index (Phi) is 5.35. The summed E-state index contributed by atoms with van der Waals surface area (Å²) in [6.45, 7) is 6.27. The monoisotopic (exact) mass is 285 g/mol. The van der Waals surface area contributed by atoms with Crippen LogP contribution in [0.15, 0.2) is 0 Å². The fourth-order valence-corrected chi connectivity index (χ4v) is 2.24. The average molecular weight is 285 g/mol. The van der Waals surface area contributed by atoms with Crippen LogP contribution >= 0.6 is 0 Å². The van der Waals surface area contributed by atoms with Crippen molar-refractivity contribution in [3.05, 3.63) is 0 Å². The van der Waals surface area contributed by atoms with E-state index in [0.717, 1.165) is 6.42 Å². The lowest BCUT2D eigenvalue weighted by molar-refractivity contribution is -0.151. The second-order valence-electron chi connectivity index (χ2n) is 5.50. The van der Waals surface area contributed by atoms with Crippen molar-refractivity contribution in [3.63, 3.8) is 0 Å². The third-order valence-electron chi connectivity index (χ3n) is 4.09. The minimum Gasteiger partial charge on any atom is -0.481 e. The fourth-order valence-electron chi connectivity index (χ4n) is 2.24. The van der Waals surface area contributed by atoms with E-state index in [1.54, 1.807) is 11.8 Å². The van der Waals surface area contributed by atoms with Crippen molar-refractivity contribution >= 4 is 17.9 Å². The second-order valence-corrected chi connectivity index (χ2v) is 5.50. The van der Waals surface area contributed by atoms with Gasteiger partial charge in [0.2, 0.25) is 5.91 Å². The maximum Gasteiger partial charge on any atom is 0.312 e. The van der Waals surface area contributed by atoms with E-state index >= 15 is 0 Å². The molecule has 1 saturated heterocycles. The minimum absolute atomic E-state index is 0.0223. The molecule has 3 amide bonds. The molecule has 1 aliphatic rings. The summed E-state index contributed by atoms with van der Waals surface area (Å²) in [4.78, 5) is 35.7. The van der Waals surface area contributed by atoms with Crippen LogP contribution in [0.1, 0.15) is 27.2 Å². The highest BCUT2D eigenvalue weighted by molar-refractivity contribution is 5.87. The maximum absolute atomic E-state index is 12.3. The lowest BCUT2D eigenvalue weighted by Crippen LogP contribution is -2.60. The Morgan fingerprint density at radius 3 is 2.30 bits per heavy atom. The number of rotatable bonds is 6. The van der Waals surface area contributed by atoms with Crippen LogP contribution in [0.2, 0.25) is 0 Å². The van der Waals surface area contributed by atoms with Gasteiger partial charge in [0.05, 0.1) is 5.92 Å². The highest BCUT2D eigenvalue weighted by atomic mass is 16.4. The first-order valence-electron chi connectivity index (χ1n) is 6.85. The van der Waals surface area contributed by atoms with Crippen molar-refractivity contribution in [3.8, 4) is 0 Å². The molecule has 3 atom stereocenters. The molecule has 0 saturated carbocycles. The summed E-state index contributed by atoms with van der Waals surface area (Å²) in [6.07, 6.45) is 0.736. The molecule has 0 aliphatic carbocycles. The van der Waals surface area contributed by atoms with Crippen LogP contribution in [-0.4, -0.2) is 47.0 Å². The molecule has 20 heavy (non-hydrogen) atoms. The molecular weight excluding hydrogens is 262 g/mol. The summed E-state index contributed by atoms with van der Waals surface area (Å²) in [5.41, 5.74) is 5.10. The van der Waals surface area contributed by atoms with E-state index in [2.05, 4.69) is 5.32 Å². The van der Waals surface area contributed by atoms with Crippen LogP contribution in [0.4, 0.5) is 4.79 Å². The van der Waals surface area contributed by atoms with Gasteiger partial charge in [-0.2, -0.15) is 0 Å². The zero-order valence-electron chi connectivity index (χ0n) is 12.1. The largest absolute Gasteiger partial charge is 0.481 e. The molecule has 0 aromatic heterocycles. The number of carbonyl (C=O) groups excluding carboxylic acids is 2. The summed E-state index contributed by atoms with van der Waals surface area (Å²) >= 11 is 0. The van der Waals surface area contributed by atoms with Crippen molar-refractivity contribution in [2.45, 2.75) is 33.2 Å². The van der Waals surface area contributed by atoms with Gasteiger partial charge in [-0.3, -0.25) is 9.59 Å². The molecule has 7 heteroatoms. The summed E-state index contributed by atoms with van der Waals surface area (Å²) in [5, 5.41) is 11.4. The summed E-state index contributed by atoms with van der Waals surface area (Å²) < 4.78 is 0. The molecule has 7 nitrogen and oxygen atoms in total. The van der Waals surface area contributed by atoms with E-state index in [9.17, 15) is 14.4 Å². The first-order valence-corrected chi connectivity index (χ1v) is 6.85. The average Bonchev–Trinajstić information content (AvgIpc) is 2.32. The molecule has 0 aromatic rings. The number of carbonyl (C=O) groups is 3. The first-order chi connectivity index (χ1) is 9.27. The van der Waals surface area contributed by atoms with Gasteiger partial charge in [0.15, 0.2) is 0 Å². The molecule has 0 radical (unpaired) electrons. The van der Waals surface area contributed by atoms with Crippen molar-refractivity contribution < 1.29 is 19.5 Å². The van der Waals surface area contributed by atoms with Crippen LogP contribution < -0.4 is 11.1 Å². The van der Waals surface area contributed by atoms with E-state index in [0.29, 0.717) is 13.1 Å². The van der Waals surface area contributed by atoms with Crippen molar-refractivity contribution in [2.24, 2.45) is 23.5 Å². The van der Waals surface area contributed by atoms with E-state index in [-0.39, 0.29) is 17.7 Å². The zero-order valence-corrected chi connectivity index (χ0v) is 12.1. The third-order valence-corrected chi connectivity index (χ3v) is 4.09. The number of hydrogen-bond acceptors (Lipinski definition) is 3. The van der Waals surface area contributed by atoms with E-state index in [4.69, 9.17) is 10.8 Å². The van der Waals surface area contributed by atoms with Crippen LogP contribution in [0, 0.1) is 17.8 Å². The Hall–Kier alpha value is -1.79. The van der Waals surface area contributed by atoms with Gasteiger partial charge >= 0.3 is 12.0 Å². The number of primary amides is 1. The van der Waals surface area contributed by atoms with Crippen LogP contribution in [0.5, 0.6) is 0 Å². The number of nitrogens with one attached hydrogen (secondary N) is 1. The third kappa shape index (κ3) is 3.61. The highest BCUT2D eigenvalue weighted by Crippen LogP contribution is 2.25. The molecule has 114 valence electrons. The lowest BCUT2D eigenvalue weighted by Gasteiger charge is -2.43. The predicted octanol–water partition coefficient (Wildman–Crippen LogP) is 0.249. The van der Waals surface area contributed by atoms with Gasteiger partial charge in [-0.05, 0) is 5.92 Å². The van der Waals surface area contributed by atoms with Crippen LogP contribution in [-0.2, 0) is 9.59 Å². The van der Waals surface area contributed by atoms with Gasteiger partial charge in [-0.1, -0.05) is 27.2 Å². The second kappa shape index (κ2) is 6.58. The van der Waals surface area contributed by atoms with E-state index in [1.165, 1.54) is 0 Å². The predicted molar refractivity (Wildman–Crippen MR) is 72.8 cm³/mol. The Labute approximate surface area is 118 Å². The standard InChI is InChI=1S/C13H23N3O4/c1-4-7(2)10(15-13(14)20)11(17)16-5-9(6-16)8(3)12(18)19/h7-10H,4-6H2,1-3H3,(H,18,19)(H3,14,15,20). The Morgan fingerprint density at radius 2 is 1.90 bits per heavy atom.